The van der Waals surface area contributed by atoms with Gasteiger partial charge < -0.3 is 10.1 Å². The summed E-state index contributed by atoms with van der Waals surface area (Å²) < 4.78 is 5.14. The van der Waals surface area contributed by atoms with E-state index in [-0.39, 0.29) is 11.9 Å². The molecule has 0 radical (unpaired) electrons. The highest BCUT2D eigenvalue weighted by atomic mass is 35.5. The molecule has 138 valence electrons. The molecule has 1 aliphatic heterocycles. The summed E-state index contributed by atoms with van der Waals surface area (Å²) in [6.07, 6.45) is 3.64. The summed E-state index contributed by atoms with van der Waals surface area (Å²) in [6.45, 7) is 2.61. The SMILES string of the molecule is COc1ccc(C(=O)NC[C@@H](c2ccccc2Cl)N2CCCCC2)cc1. The second-order valence-electron chi connectivity index (χ2n) is 6.57. The molecule has 1 saturated heterocycles. The van der Waals surface area contributed by atoms with Crippen molar-refractivity contribution in [1.29, 1.82) is 0 Å². The summed E-state index contributed by atoms with van der Waals surface area (Å²) >= 11 is 6.45. The number of amides is 1. The highest BCUT2D eigenvalue weighted by Crippen LogP contribution is 2.29. The lowest BCUT2D eigenvalue weighted by Gasteiger charge is -2.35. The van der Waals surface area contributed by atoms with Gasteiger partial charge in [-0.1, -0.05) is 36.2 Å². The second kappa shape index (κ2) is 9.06. The highest BCUT2D eigenvalue weighted by molar-refractivity contribution is 6.31. The molecular formula is C21H25ClN2O2. The van der Waals surface area contributed by atoms with Crippen LogP contribution in [0.2, 0.25) is 5.02 Å². The number of benzene rings is 2. The summed E-state index contributed by atoms with van der Waals surface area (Å²) in [7, 11) is 1.61. The fraction of sp³-hybridized carbons (Fsp3) is 0.381. The Bertz CT molecular complexity index is 727. The van der Waals surface area contributed by atoms with E-state index in [0.717, 1.165) is 29.4 Å². The first-order valence-corrected chi connectivity index (χ1v) is 9.47. The number of rotatable bonds is 6. The van der Waals surface area contributed by atoms with E-state index in [1.165, 1.54) is 19.3 Å². The molecule has 1 atom stereocenters. The van der Waals surface area contributed by atoms with Gasteiger partial charge in [0.05, 0.1) is 13.2 Å². The van der Waals surface area contributed by atoms with Gasteiger partial charge in [-0.25, -0.2) is 0 Å². The third kappa shape index (κ3) is 4.57. The molecule has 2 aromatic carbocycles. The first kappa shape index (κ1) is 18.7. The van der Waals surface area contributed by atoms with Crippen LogP contribution < -0.4 is 10.1 Å². The van der Waals surface area contributed by atoms with Crippen molar-refractivity contribution < 1.29 is 9.53 Å². The van der Waals surface area contributed by atoms with Gasteiger partial charge in [0.2, 0.25) is 0 Å². The van der Waals surface area contributed by atoms with Crippen LogP contribution in [0.4, 0.5) is 0 Å². The number of halogens is 1. The minimum Gasteiger partial charge on any atom is -0.497 e. The number of carbonyl (C=O) groups is 1. The van der Waals surface area contributed by atoms with Gasteiger partial charge in [0.25, 0.3) is 5.91 Å². The number of hydrogen-bond donors (Lipinski definition) is 1. The van der Waals surface area contributed by atoms with Gasteiger partial charge in [0, 0.05) is 17.1 Å². The average Bonchev–Trinajstić information content (AvgIpc) is 2.70. The van der Waals surface area contributed by atoms with Gasteiger partial charge >= 0.3 is 0 Å². The maximum absolute atomic E-state index is 12.5. The minimum absolute atomic E-state index is 0.0817. The maximum Gasteiger partial charge on any atom is 0.251 e. The molecular weight excluding hydrogens is 348 g/mol. The number of carbonyl (C=O) groups excluding carboxylic acids is 1. The summed E-state index contributed by atoms with van der Waals surface area (Å²) in [6, 6.07) is 15.2. The largest absolute Gasteiger partial charge is 0.497 e. The Hall–Kier alpha value is -2.04. The number of nitrogens with zero attached hydrogens (tertiary/aromatic N) is 1. The Labute approximate surface area is 160 Å². The maximum atomic E-state index is 12.5. The lowest BCUT2D eigenvalue weighted by Crippen LogP contribution is -2.40. The minimum atomic E-state index is -0.0817. The van der Waals surface area contributed by atoms with Gasteiger partial charge in [-0.05, 0) is 61.8 Å². The first-order chi connectivity index (χ1) is 12.7. The van der Waals surface area contributed by atoms with Gasteiger partial charge in [-0.15, -0.1) is 0 Å². The molecule has 0 saturated carbocycles. The number of piperidine rings is 1. The van der Waals surface area contributed by atoms with E-state index >= 15 is 0 Å². The molecule has 26 heavy (non-hydrogen) atoms. The molecule has 0 aliphatic carbocycles. The van der Waals surface area contributed by atoms with Gasteiger partial charge in [0.1, 0.15) is 5.75 Å². The molecule has 1 heterocycles. The fourth-order valence-corrected chi connectivity index (χ4v) is 3.71. The fourth-order valence-electron chi connectivity index (χ4n) is 3.44. The lowest BCUT2D eigenvalue weighted by molar-refractivity contribution is 0.0924. The smallest absolute Gasteiger partial charge is 0.251 e. The zero-order valence-electron chi connectivity index (χ0n) is 15.1. The number of ether oxygens (including phenoxy) is 1. The van der Waals surface area contributed by atoms with E-state index in [9.17, 15) is 4.79 Å². The van der Waals surface area contributed by atoms with Crippen LogP contribution >= 0.6 is 11.6 Å². The van der Waals surface area contributed by atoms with Crippen LogP contribution in [0, 0.1) is 0 Å². The monoisotopic (exact) mass is 372 g/mol. The third-order valence-electron chi connectivity index (χ3n) is 4.90. The van der Waals surface area contributed by atoms with Crippen LogP contribution in [0.3, 0.4) is 0 Å². The van der Waals surface area contributed by atoms with Crippen molar-refractivity contribution in [2.45, 2.75) is 25.3 Å². The standard InChI is InChI=1S/C21H25ClN2O2/c1-26-17-11-9-16(10-12-17)21(25)23-15-20(24-13-5-2-6-14-24)18-7-3-4-8-19(18)22/h3-4,7-12,20H,2,5-6,13-15H2,1H3,(H,23,25)/t20-/m0/s1. The van der Waals surface area contributed by atoms with E-state index in [1.54, 1.807) is 31.4 Å². The molecule has 1 N–H and O–H groups in total. The van der Waals surface area contributed by atoms with Crippen molar-refractivity contribution >= 4 is 17.5 Å². The Morgan fingerprint density at radius 3 is 2.46 bits per heavy atom. The Morgan fingerprint density at radius 1 is 1.12 bits per heavy atom. The van der Waals surface area contributed by atoms with Gasteiger partial charge in [-0.3, -0.25) is 9.69 Å². The molecule has 0 unspecified atom stereocenters. The van der Waals surface area contributed by atoms with Crippen molar-refractivity contribution in [1.82, 2.24) is 10.2 Å². The van der Waals surface area contributed by atoms with Crippen LogP contribution in [0.1, 0.15) is 41.2 Å². The van der Waals surface area contributed by atoms with E-state index in [4.69, 9.17) is 16.3 Å². The Balaban J connectivity index is 1.72. The second-order valence-corrected chi connectivity index (χ2v) is 6.98. The summed E-state index contributed by atoms with van der Waals surface area (Å²) in [5, 5.41) is 3.83. The molecule has 4 nitrogen and oxygen atoms in total. The molecule has 1 amide bonds. The zero-order valence-corrected chi connectivity index (χ0v) is 15.8. The summed E-state index contributed by atoms with van der Waals surface area (Å²) in [5.74, 6) is 0.658. The molecule has 5 heteroatoms. The quantitative estimate of drug-likeness (QED) is 0.821. The predicted octanol–water partition coefficient (Wildman–Crippen LogP) is 4.31. The molecule has 3 rings (SSSR count). The molecule has 1 aliphatic rings. The van der Waals surface area contributed by atoms with Crippen LogP contribution in [-0.2, 0) is 0 Å². The Kier molecular flexibility index (Phi) is 6.53. The van der Waals surface area contributed by atoms with Gasteiger partial charge in [-0.2, -0.15) is 0 Å². The van der Waals surface area contributed by atoms with E-state index in [2.05, 4.69) is 16.3 Å². The van der Waals surface area contributed by atoms with Crippen molar-refractivity contribution in [2.24, 2.45) is 0 Å². The average molecular weight is 373 g/mol. The van der Waals surface area contributed by atoms with Crippen LogP contribution in [-0.4, -0.2) is 37.6 Å². The first-order valence-electron chi connectivity index (χ1n) is 9.10. The van der Waals surface area contributed by atoms with E-state index in [0.29, 0.717) is 12.1 Å². The predicted molar refractivity (Wildman–Crippen MR) is 105 cm³/mol. The number of likely N-dealkylation sites (tertiary alicyclic amines) is 1. The topological polar surface area (TPSA) is 41.6 Å². The van der Waals surface area contributed by atoms with Crippen molar-refractivity contribution in [2.75, 3.05) is 26.7 Å². The van der Waals surface area contributed by atoms with Crippen molar-refractivity contribution in [3.8, 4) is 5.75 Å². The lowest BCUT2D eigenvalue weighted by atomic mass is 10.0. The zero-order chi connectivity index (χ0) is 18.4. The molecule has 2 aromatic rings. The Morgan fingerprint density at radius 2 is 1.81 bits per heavy atom. The number of nitrogens with one attached hydrogen (secondary N) is 1. The molecule has 0 bridgehead atoms. The van der Waals surface area contributed by atoms with Crippen LogP contribution in [0.25, 0.3) is 0 Å². The van der Waals surface area contributed by atoms with Crippen LogP contribution in [0.15, 0.2) is 48.5 Å². The van der Waals surface area contributed by atoms with Crippen molar-refractivity contribution in [3.63, 3.8) is 0 Å². The number of methoxy groups -OCH3 is 1. The molecule has 0 spiro atoms. The summed E-state index contributed by atoms with van der Waals surface area (Å²) in [5.41, 5.74) is 1.70. The van der Waals surface area contributed by atoms with Crippen molar-refractivity contribution in [3.05, 3.63) is 64.7 Å². The van der Waals surface area contributed by atoms with E-state index < -0.39 is 0 Å². The summed E-state index contributed by atoms with van der Waals surface area (Å²) in [4.78, 5) is 15.0. The highest BCUT2D eigenvalue weighted by Gasteiger charge is 2.24. The van der Waals surface area contributed by atoms with Crippen LogP contribution in [0.5, 0.6) is 5.75 Å². The van der Waals surface area contributed by atoms with E-state index in [1.807, 2.05) is 18.2 Å². The normalized spacial score (nSPS) is 16.1. The third-order valence-corrected chi connectivity index (χ3v) is 5.25. The molecule has 0 aromatic heterocycles. The molecule has 1 fully saturated rings. The number of hydrogen-bond acceptors (Lipinski definition) is 3. The van der Waals surface area contributed by atoms with Gasteiger partial charge in [0.15, 0.2) is 0 Å².